The van der Waals surface area contributed by atoms with Crippen LogP contribution in [-0.2, 0) is 22.3 Å². The van der Waals surface area contributed by atoms with Crippen molar-refractivity contribution in [2.24, 2.45) is 0 Å². The van der Waals surface area contributed by atoms with Gasteiger partial charge in [0.15, 0.2) is 5.13 Å². The van der Waals surface area contributed by atoms with Gasteiger partial charge in [-0.2, -0.15) is 13.2 Å². The van der Waals surface area contributed by atoms with Crippen molar-refractivity contribution in [2.45, 2.75) is 19.1 Å². The van der Waals surface area contributed by atoms with E-state index < -0.39 is 17.6 Å². The lowest BCUT2D eigenvalue weighted by Crippen LogP contribution is -2.42. The van der Waals surface area contributed by atoms with Crippen LogP contribution < -0.4 is 5.32 Å². The Morgan fingerprint density at radius 3 is 2.69 bits per heavy atom. The molecule has 0 atom stereocenters. The summed E-state index contributed by atoms with van der Waals surface area (Å²) in [4.78, 5) is 33.2. The zero-order chi connectivity index (χ0) is 24.8. The average molecular weight is 509 g/mol. The SMILES string of the molecule is O=C(CCN(Cc1ccco1)C(=O)c1csc(Nc2cccc(C(F)(F)F)c2)n1)N1CCOCC1. The summed E-state index contributed by atoms with van der Waals surface area (Å²) in [5.74, 6) is 0.0648. The summed E-state index contributed by atoms with van der Waals surface area (Å²) in [7, 11) is 0. The number of rotatable bonds is 8. The molecule has 0 aliphatic carbocycles. The molecule has 1 aliphatic rings. The zero-order valence-corrected chi connectivity index (χ0v) is 19.4. The number of carbonyl (C=O) groups excluding carboxylic acids is 2. The van der Waals surface area contributed by atoms with Gasteiger partial charge < -0.3 is 24.3 Å². The van der Waals surface area contributed by atoms with E-state index in [0.717, 1.165) is 23.5 Å². The Labute approximate surface area is 203 Å². The summed E-state index contributed by atoms with van der Waals surface area (Å²) in [6.45, 7) is 2.31. The summed E-state index contributed by atoms with van der Waals surface area (Å²) in [5.41, 5.74) is -0.462. The number of anilines is 2. The molecule has 2 aromatic heterocycles. The minimum Gasteiger partial charge on any atom is -0.467 e. The summed E-state index contributed by atoms with van der Waals surface area (Å²) >= 11 is 1.10. The van der Waals surface area contributed by atoms with Crippen LogP contribution in [0.2, 0.25) is 0 Å². The molecule has 186 valence electrons. The molecule has 3 heterocycles. The van der Waals surface area contributed by atoms with Gasteiger partial charge in [-0.3, -0.25) is 9.59 Å². The van der Waals surface area contributed by atoms with E-state index in [4.69, 9.17) is 9.15 Å². The second-order valence-corrected chi connectivity index (χ2v) is 8.65. The average Bonchev–Trinajstić information content (AvgIpc) is 3.53. The molecule has 0 unspecified atom stereocenters. The highest BCUT2D eigenvalue weighted by Crippen LogP contribution is 2.32. The van der Waals surface area contributed by atoms with Gasteiger partial charge in [-0.1, -0.05) is 6.07 Å². The van der Waals surface area contributed by atoms with Crippen LogP contribution in [-0.4, -0.2) is 59.4 Å². The van der Waals surface area contributed by atoms with Crippen molar-refractivity contribution >= 4 is 34.0 Å². The molecule has 2 amide bonds. The lowest BCUT2D eigenvalue weighted by Gasteiger charge is -2.28. The second-order valence-electron chi connectivity index (χ2n) is 7.79. The fourth-order valence-corrected chi connectivity index (χ4v) is 4.24. The third-order valence-corrected chi connectivity index (χ3v) is 6.10. The number of nitrogens with one attached hydrogen (secondary N) is 1. The number of furan rings is 1. The van der Waals surface area contributed by atoms with Gasteiger partial charge in [0.05, 0.1) is 31.6 Å². The molecule has 8 nitrogen and oxygen atoms in total. The summed E-state index contributed by atoms with van der Waals surface area (Å²) in [6.07, 6.45) is -2.84. The molecule has 1 fully saturated rings. The number of hydrogen-bond donors (Lipinski definition) is 1. The van der Waals surface area contributed by atoms with Gasteiger partial charge in [0.2, 0.25) is 5.91 Å². The van der Waals surface area contributed by atoms with Gasteiger partial charge in [0.1, 0.15) is 11.5 Å². The number of thiazole rings is 1. The van der Waals surface area contributed by atoms with E-state index in [-0.39, 0.29) is 41.9 Å². The maximum absolute atomic E-state index is 13.2. The highest BCUT2D eigenvalue weighted by molar-refractivity contribution is 7.14. The lowest BCUT2D eigenvalue weighted by atomic mass is 10.2. The second kappa shape index (κ2) is 10.9. The third-order valence-electron chi connectivity index (χ3n) is 5.34. The van der Waals surface area contributed by atoms with E-state index in [1.165, 1.54) is 28.7 Å². The molecule has 1 N–H and O–H groups in total. The van der Waals surface area contributed by atoms with Crippen LogP contribution in [0.1, 0.15) is 28.2 Å². The molecular formula is C23H23F3N4O4S. The summed E-state index contributed by atoms with van der Waals surface area (Å²) < 4.78 is 49.6. The number of aromatic nitrogens is 1. The number of ether oxygens (including phenoxy) is 1. The molecule has 1 saturated heterocycles. The Bertz CT molecular complexity index is 1140. The van der Waals surface area contributed by atoms with Crippen LogP contribution in [0.25, 0.3) is 0 Å². The van der Waals surface area contributed by atoms with Gasteiger partial charge in [-0.25, -0.2) is 4.98 Å². The fraction of sp³-hybridized carbons (Fsp3) is 0.348. The predicted molar refractivity (Wildman–Crippen MR) is 122 cm³/mol. The smallest absolute Gasteiger partial charge is 0.416 e. The van der Waals surface area contributed by atoms with Crippen molar-refractivity contribution in [2.75, 3.05) is 38.2 Å². The van der Waals surface area contributed by atoms with Crippen LogP contribution in [0.5, 0.6) is 0 Å². The number of amides is 2. The molecule has 0 bridgehead atoms. The molecule has 3 aromatic rings. The van der Waals surface area contributed by atoms with Crippen molar-refractivity contribution in [1.82, 2.24) is 14.8 Å². The van der Waals surface area contributed by atoms with Gasteiger partial charge in [-0.15, -0.1) is 11.3 Å². The lowest BCUT2D eigenvalue weighted by molar-refractivity contribution is -0.137. The maximum atomic E-state index is 13.2. The highest BCUT2D eigenvalue weighted by atomic mass is 32.1. The van der Waals surface area contributed by atoms with Crippen molar-refractivity contribution in [3.05, 3.63) is 65.1 Å². The largest absolute Gasteiger partial charge is 0.467 e. The number of hydrogen-bond acceptors (Lipinski definition) is 7. The molecule has 0 spiro atoms. The van der Waals surface area contributed by atoms with Gasteiger partial charge >= 0.3 is 6.18 Å². The predicted octanol–water partition coefficient (Wildman–Crippen LogP) is 4.39. The van der Waals surface area contributed by atoms with Gasteiger partial charge in [-0.05, 0) is 30.3 Å². The van der Waals surface area contributed by atoms with Crippen LogP contribution >= 0.6 is 11.3 Å². The standard InChI is InChI=1S/C23H23F3N4O4S/c24-23(25,26)16-3-1-4-17(13-16)27-22-28-19(15-35-22)21(32)30(14-18-5-2-10-34-18)7-6-20(31)29-8-11-33-12-9-29/h1-5,10,13,15H,6-9,11-12,14H2,(H,27,28). The van der Waals surface area contributed by atoms with E-state index in [2.05, 4.69) is 10.3 Å². The Morgan fingerprint density at radius 2 is 1.97 bits per heavy atom. The Kier molecular flexibility index (Phi) is 7.71. The molecule has 35 heavy (non-hydrogen) atoms. The number of benzene rings is 1. The van der Waals surface area contributed by atoms with Crippen molar-refractivity contribution in [1.29, 1.82) is 0 Å². The van der Waals surface area contributed by atoms with Gasteiger partial charge in [0.25, 0.3) is 5.91 Å². The first-order valence-corrected chi connectivity index (χ1v) is 11.7. The number of morpholine rings is 1. The maximum Gasteiger partial charge on any atom is 0.416 e. The zero-order valence-electron chi connectivity index (χ0n) is 18.6. The minimum atomic E-state index is -4.47. The minimum absolute atomic E-state index is 0.0734. The summed E-state index contributed by atoms with van der Waals surface area (Å²) in [5, 5.41) is 4.61. The Morgan fingerprint density at radius 1 is 1.17 bits per heavy atom. The summed E-state index contributed by atoms with van der Waals surface area (Å²) in [6, 6.07) is 8.17. The van der Waals surface area contributed by atoms with Crippen LogP contribution in [0.15, 0.2) is 52.5 Å². The van der Waals surface area contributed by atoms with Crippen LogP contribution in [0.4, 0.5) is 24.0 Å². The quantitative estimate of drug-likeness (QED) is 0.486. The Hall–Kier alpha value is -3.38. The molecule has 0 radical (unpaired) electrons. The van der Waals surface area contributed by atoms with E-state index in [1.807, 2.05) is 0 Å². The number of halogens is 3. The van der Waals surface area contributed by atoms with E-state index >= 15 is 0 Å². The monoisotopic (exact) mass is 508 g/mol. The third kappa shape index (κ3) is 6.61. The van der Waals surface area contributed by atoms with E-state index in [9.17, 15) is 22.8 Å². The first kappa shape index (κ1) is 24.7. The number of alkyl halides is 3. The molecule has 1 aliphatic heterocycles. The van der Waals surface area contributed by atoms with E-state index in [1.54, 1.807) is 17.0 Å². The molecule has 12 heteroatoms. The molecule has 4 rings (SSSR count). The fourth-order valence-electron chi connectivity index (χ4n) is 3.53. The van der Waals surface area contributed by atoms with Crippen molar-refractivity contribution < 1.29 is 31.9 Å². The van der Waals surface area contributed by atoms with Crippen molar-refractivity contribution in [3.8, 4) is 0 Å². The van der Waals surface area contributed by atoms with Gasteiger partial charge in [0, 0.05) is 37.1 Å². The first-order chi connectivity index (χ1) is 16.8. The molecule has 0 saturated carbocycles. The van der Waals surface area contributed by atoms with Crippen LogP contribution in [0.3, 0.4) is 0 Å². The normalized spacial score (nSPS) is 14.1. The van der Waals surface area contributed by atoms with E-state index in [0.29, 0.717) is 32.1 Å². The highest BCUT2D eigenvalue weighted by Gasteiger charge is 2.30. The number of nitrogens with zero attached hydrogens (tertiary/aromatic N) is 3. The Balaban J connectivity index is 1.44. The van der Waals surface area contributed by atoms with Crippen LogP contribution in [0, 0.1) is 0 Å². The number of carbonyl (C=O) groups is 2. The molecule has 1 aromatic carbocycles. The topological polar surface area (TPSA) is 87.9 Å². The molecular weight excluding hydrogens is 485 g/mol. The van der Waals surface area contributed by atoms with Crippen molar-refractivity contribution in [3.63, 3.8) is 0 Å². The first-order valence-electron chi connectivity index (χ1n) is 10.9.